The lowest BCUT2D eigenvalue weighted by molar-refractivity contribution is -0.139. The summed E-state index contributed by atoms with van der Waals surface area (Å²) in [5.74, 6) is 1.82. The van der Waals surface area contributed by atoms with Crippen LogP contribution < -0.4 is 4.74 Å². The molecule has 24 heavy (non-hydrogen) atoms. The monoisotopic (exact) mass is 327 g/mol. The lowest BCUT2D eigenvalue weighted by atomic mass is 10.1. The number of piperazine rings is 1. The van der Waals surface area contributed by atoms with Crippen molar-refractivity contribution in [3.8, 4) is 5.75 Å². The summed E-state index contributed by atoms with van der Waals surface area (Å²) in [4.78, 5) is 16.9. The van der Waals surface area contributed by atoms with E-state index in [4.69, 9.17) is 9.26 Å². The zero-order valence-electron chi connectivity index (χ0n) is 13.8. The molecule has 1 amide bonds. The normalized spacial score (nSPS) is 20.7. The van der Waals surface area contributed by atoms with Gasteiger partial charge >= 0.3 is 0 Å². The smallest absolute Gasteiger partial charge is 0.264 e. The molecule has 2 aliphatic heterocycles. The second kappa shape index (κ2) is 6.28. The van der Waals surface area contributed by atoms with E-state index in [0.29, 0.717) is 6.42 Å². The largest absolute Gasteiger partial charge is 0.480 e. The number of carbonyl (C=O) groups is 1. The maximum absolute atomic E-state index is 12.7. The molecule has 6 heteroatoms. The summed E-state index contributed by atoms with van der Waals surface area (Å²) in [6.45, 7) is 5.79. The highest BCUT2D eigenvalue weighted by Crippen LogP contribution is 2.29. The van der Waals surface area contributed by atoms with E-state index in [-0.39, 0.29) is 12.0 Å². The second-order valence-corrected chi connectivity index (χ2v) is 6.45. The maximum Gasteiger partial charge on any atom is 0.264 e. The molecule has 0 unspecified atom stereocenters. The predicted molar refractivity (Wildman–Crippen MR) is 87.7 cm³/mol. The number of fused-ring (bicyclic) bond motifs is 1. The third-order valence-corrected chi connectivity index (χ3v) is 4.66. The quantitative estimate of drug-likeness (QED) is 0.857. The topological polar surface area (TPSA) is 58.8 Å². The van der Waals surface area contributed by atoms with Gasteiger partial charge in [-0.25, -0.2) is 0 Å². The Balaban J connectivity index is 1.31. The summed E-state index contributed by atoms with van der Waals surface area (Å²) in [6, 6.07) is 9.84. The van der Waals surface area contributed by atoms with Crippen LogP contribution >= 0.6 is 0 Å². The van der Waals surface area contributed by atoms with Gasteiger partial charge in [0.25, 0.3) is 5.91 Å². The third-order valence-electron chi connectivity index (χ3n) is 4.66. The first-order chi connectivity index (χ1) is 11.7. The minimum atomic E-state index is -0.370. The molecule has 1 saturated heterocycles. The van der Waals surface area contributed by atoms with Gasteiger partial charge in [-0.3, -0.25) is 9.69 Å². The molecule has 0 aliphatic carbocycles. The van der Waals surface area contributed by atoms with E-state index < -0.39 is 0 Å². The molecule has 4 rings (SSSR count). The summed E-state index contributed by atoms with van der Waals surface area (Å²) >= 11 is 0. The summed E-state index contributed by atoms with van der Waals surface area (Å²) in [7, 11) is 0. The van der Waals surface area contributed by atoms with Gasteiger partial charge in [0.2, 0.25) is 0 Å². The Morgan fingerprint density at radius 1 is 1.25 bits per heavy atom. The van der Waals surface area contributed by atoms with Crippen molar-refractivity contribution in [1.29, 1.82) is 0 Å². The number of benzene rings is 1. The van der Waals surface area contributed by atoms with E-state index in [1.807, 2.05) is 42.2 Å². The molecular formula is C18H21N3O3. The number of rotatable bonds is 3. The zero-order chi connectivity index (χ0) is 16.5. The third kappa shape index (κ3) is 3.01. The minimum Gasteiger partial charge on any atom is -0.480 e. The molecule has 2 aromatic rings. The molecular weight excluding hydrogens is 306 g/mol. The molecule has 0 spiro atoms. The average Bonchev–Trinajstić information content (AvgIpc) is 3.21. The van der Waals surface area contributed by atoms with E-state index in [2.05, 4.69) is 10.1 Å². The van der Waals surface area contributed by atoms with E-state index in [1.54, 1.807) is 0 Å². The molecule has 1 atom stereocenters. The number of hydrogen-bond acceptors (Lipinski definition) is 5. The van der Waals surface area contributed by atoms with Crippen LogP contribution in [0.4, 0.5) is 0 Å². The average molecular weight is 327 g/mol. The van der Waals surface area contributed by atoms with Gasteiger partial charge in [-0.05, 0) is 18.6 Å². The first-order valence-electron chi connectivity index (χ1n) is 8.37. The summed E-state index contributed by atoms with van der Waals surface area (Å²) in [6.07, 6.45) is 0.304. The molecule has 6 nitrogen and oxygen atoms in total. The molecule has 0 radical (unpaired) electrons. The number of amides is 1. The highest BCUT2D eigenvalue weighted by atomic mass is 16.5. The van der Waals surface area contributed by atoms with Gasteiger partial charge in [-0.1, -0.05) is 23.4 Å². The fraction of sp³-hybridized carbons (Fsp3) is 0.444. The first kappa shape index (κ1) is 15.2. The number of nitrogens with zero attached hydrogens (tertiary/aromatic N) is 3. The van der Waals surface area contributed by atoms with Crippen molar-refractivity contribution < 1.29 is 14.1 Å². The maximum atomic E-state index is 12.7. The number of aromatic nitrogens is 1. The van der Waals surface area contributed by atoms with Crippen molar-refractivity contribution >= 4 is 5.91 Å². The lowest BCUT2D eigenvalue weighted by Gasteiger charge is -2.35. The molecule has 1 aromatic heterocycles. The highest BCUT2D eigenvalue weighted by Gasteiger charge is 2.33. The van der Waals surface area contributed by atoms with Gasteiger partial charge in [-0.15, -0.1) is 0 Å². The van der Waals surface area contributed by atoms with Crippen LogP contribution in [0, 0.1) is 6.92 Å². The second-order valence-electron chi connectivity index (χ2n) is 6.45. The molecule has 0 bridgehead atoms. The van der Waals surface area contributed by atoms with Gasteiger partial charge in [0, 0.05) is 38.7 Å². The Morgan fingerprint density at radius 2 is 2.04 bits per heavy atom. The van der Waals surface area contributed by atoms with Gasteiger partial charge < -0.3 is 14.2 Å². The molecule has 126 valence electrons. The number of ether oxygens (including phenoxy) is 1. The van der Waals surface area contributed by atoms with Crippen molar-refractivity contribution in [3.63, 3.8) is 0 Å². The molecule has 3 heterocycles. The van der Waals surface area contributed by atoms with Gasteiger partial charge in [0.15, 0.2) is 11.9 Å². The molecule has 1 fully saturated rings. The van der Waals surface area contributed by atoms with Crippen LogP contribution in [0.1, 0.15) is 17.0 Å². The van der Waals surface area contributed by atoms with Gasteiger partial charge in [0.1, 0.15) is 5.75 Å². The fourth-order valence-electron chi connectivity index (χ4n) is 3.36. The Kier molecular flexibility index (Phi) is 3.98. The van der Waals surface area contributed by atoms with E-state index in [0.717, 1.165) is 55.5 Å². The van der Waals surface area contributed by atoms with E-state index >= 15 is 0 Å². The van der Waals surface area contributed by atoms with Crippen LogP contribution in [0.2, 0.25) is 0 Å². The summed E-state index contributed by atoms with van der Waals surface area (Å²) in [5.41, 5.74) is 2.02. The van der Waals surface area contributed by atoms with Crippen LogP contribution in [-0.4, -0.2) is 53.1 Å². The standard InChI is InChI=1S/C18H21N3O3/c1-13-10-15(24-19-13)12-20-6-8-21(9-7-20)18(22)17-11-14-4-2-3-5-16(14)23-17/h2-5,10,17H,6-9,11-12H2,1H3/t17-/m1/s1. The fourth-order valence-corrected chi connectivity index (χ4v) is 3.36. The van der Waals surface area contributed by atoms with Crippen LogP contribution in [0.15, 0.2) is 34.9 Å². The predicted octanol–water partition coefficient (Wildman–Crippen LogP) is 1.63. The molecule has 2 aliphatic rings. The Morgan fingerprint density at radius 3 is 2.75 bits per heavy atom. The first-order valence-corrected chi connectivity index (χ1v) is 8.37. The van der Waals surface area contributed by atoms with Crippen molar-refractivity contribution in [2.75, 3.05) is 26.2 Å². The number of aryl methyl sites for hydroxylation is 1. The van der Waals surface area contributed by atoms with Crippen LogP contribution in [-0.2, 0) is 17.8 Å². The van der Waals surface area contributed by atoms with Crippen molar-refractivity contribution in [2.45, 2.75) is 26.0 Å². The Hall–Kier alpha value is -2.34. The Labute approximate surface area is 141 Å². The van der Waals surface area contributed by atoms with E-state index in [1.165, 1.54) is 0 Å². The zero-order valence-corrected chi connectivity index (χ0v) is 13.8. The Bertz CT molecular complexity index is 710. The summed E-state index contributed by atoms with van der Waals surface area (Å²) < 4.78 is 11.1. The molecule has 0 saturated carbocycles. The van der Waals surface area contributed by atoms with Crippen molar-refractivity contribution in [3.05, 3.63) is 47.3 Å². The van der Waals surface area contributed by atoms with Crippen LogP contribution in [0.25, 0.3) is 0 Å². The minimum absolute atomic E-state index is 0.0985. The van der Waals surface area contributed by atoms with Crippen LogP contribution in [0.5, 0.6) is 5.75 Å². The van der Waals surface area contributed by atoms with Crippen molar-refractivity contribution in [1.82, 2.24) is 15.0 Å². The molecule has 0 N–H and O–H groups in total. The highest BCUT2D eigenvalue weighted by molar-refractivity contribution is 5.82. The lowest BCUT2D eigenvalue weighted by Crippen LogP contribution is -2.51. The number of carbonyl (C=O) groups excluding carboxylic acids is 1. The van der Waals surface area contributed by atoms with Crippen LogP contribution in [0.3, 0.4) is 0 Å². The van der Waals surface area contributed by atoms with Gasteiger partial charge in [0.05, 0.1) is 12.2 Å². The van der Waals surface area contributed by atoms with Crippen molar-refractivity contribution in [2.24, 2.45) is 0 Å². The van der Waals surface area contributed by atoms with Gasteiger partial charge in [-0.2, -0.15) is 0 Å². The number of hydrogen-bond donors (Lipinski definition) is 0. The number of para-hydroxylation sites is 1. The SMILES string of the molecule is Cc1cc(CN2CCN(C(=O)[C@H]3Cc4ccccc4O3)CC2)on1. The molecule has 1 aromatic carbocycles. The summed E-state index contributed by atoms with van der Waals surface area (Å²) in [5, 5.41) is 3.91. The van der Waals surface area contributed by atoms with E-state index in [9.17, 15) is 4.79 Å².